The maximum atomic E-state index is 12.7. The van der Waals surface area contributed by atoms with E-state index in [-0.39, 0.29) is 11.9 Å². The Balaban J connectivity index is 1.50. The Labute approximate surface area is 152 Å². The number of carbonyl (C=O) groups excluding carboxylic acids is 1. The largest absolute Gasteiger partial charge is 0.325 e. The normalized spacial score (nSPS) is 22.2. The summed E-state index contributed by atoms with van der Waals surface area (Å²) < 4.78 is 0. The van der Waals surface area contributed by atoms with Gasteiger partial charge < -0.3 is 10.2 Å². The topological polar surface area (TPSA) is 35.6 Å². The van der Waals surface area contributed by atoms with Crippen molar-refractivity contribution in [3.8, 4) is 0 Å². The number of carbonyl (C=O) groups is 1. The number of rotatable bonds is 7. The van der Waals surface area contributed by atoms with E-state index in [2.05, 4.69) is 46.3 Å². The molecule has 0 saturated carbocycles. The van der Waals surface area contributed by atoms with Crippen LogP contribution < -0.4 is 5.32 Å². The smallest absolute Gasteiger partial charge is 0.241 e. The molecular formula is C21H33N3O. The highest BCUT2D eigenvalue weighted by Crippen LogP contribution is 2.20. The third-order valence-corrected chi connectivity index (χ3v) is 5.56. The first kappa shape index (κ1) is 18.4. The van der Waals surface area contributed by atoms with Gasteiger partial charge in [-0.1, -0.05) is 25.5 Å². The molecule has 0 bridgehead atoms. The second kappa shape index (κ2) is 9.35. The SMILES string of the molecule is CCCN1CCCCC1C(=O)Nc1ccc(CCN2CCCC2)cc1. The highest BCUT2D eigenvalue weighted by atomic mass is 16.2. The number of hydrogen-bond acceptors (Lipinski definition) is 3. The number of nitrogens with zero attached hydrogens (tertiary/aromatic N) is 2. The minimum atomic E-state index is 0.0449. The van der Waals surface area contributed by atoms with Gasteiger partial charge in [0.2, 0.25) is 5.91 Å². The van der Waals surface area contributed by atoms with Crippen LogP contribution in [0.1, 0.15) is 51.0 Å². The Morgan fingerprint density at radius 2 is 1.76 bits per heavy atom. The van der Waals surface area contributed by atoms with E-state index >= 15 is 0 Å². The summed E-state index contributed by atoms with van der Waals surface area (Å²) in [6.07, 6.45) is 8.27. The number of anilines is 1. The molecule has 25 heavy (non-hydrogen) atoms. The molecule has 1 aromatic carbocycles. The van der Waals surface area contributed by atoms with Gasteiger partial charge in [-0.25, -0.2) is 0 Å². The fourth-order valence-corrected chi connectivity index (χ4v) is 4.12. The average Bonchev–Trinajstić information content (AvgIpc) is 3.15. The molecule has 0 aliphatic carbocycles. The van der Waals surface area contributed by atoms with Gasteiger partial charge in [-0.05, 0) is 82.4 Å². The molecule has 4 heteroatoms. The van der Waals surface area contributed by atoms with Crippen LogP contribution in [0, 0.1) is 0 Å². The van der Waals surface area contributed by atoms with E-state index in [0.29, 0.717) is 0 Å². The maximum Gasteiger partial charge on any atom is 0.241 e. The molecule has 2 heterocycles. The standard InChI is InChI=1S/C21H33N3O/c1-2-13-24-16-4-3-7-20(24)21(25)22-19-10-8-18(9-11-19)12-17-23-14-5-6-15-23/h8-11,20H,2-7,12-17H2,1H3,(H,22,25). The van der Waals surface area contributed by atoms with E-state index in [1.54, 1.807) is 0 Å². The van der Waals surface area contributed by atoms with Crippen LogP contribution in [0.4, 0.5) is 5.69 Å². The third kappa shape index (κ3) is 5.29. The van der Waals surface area contributed by atoms with E-state index in [9.17, 15) is 4.79 Å². The molecule has 2 aliphatic rings. The van der Waals surface area contributed by atoms with Gasteiger partial charge in [0.15, 0.2) is 0 Å². The van der Waals surface area contributed by atoms with Crippen molar-refractivity contribution in [2.75, 3.05) is 38.0 Å². The summed E-state index contributed by atoms with van der Waals surface area (Å²) in [6, 6.07) is 8.49. The minimum Gasteiger partial charge on any atom is -0.325 e. The zero-order valence-corrected chi connectivity index (χ0v) is 15.7. The zero-order valence-electron chi connectivity index (χ0n) is 15.7. The average molecular weight is 344 g/mol. The number of amides is 1. The van der Waals surface area contributed by atoms with Gasteiger partial charge in [0.05, 0.1) is 6.04 Å². The Hall–Kier alpha value is -1.39. The monoisotopic (exact) mass is 343 g/mol. The van der Waals surface area contributed by atoms with Crippen LogP contribution in [-0.4, -0.2) is 54.5 Å². The molecule has 1 unspecified atom stereocenters. The predicted octanol–water partition coefficient (Wildman–Crippen LogP) is 3.53. The lowest BCUT2D eigenvalue weighted by atomic mass is 10.0. The first-order valence-corrected chi connectivity index (χ1v) is 10.1. The Bertz CT molecular complexity index is 535. The van der Waals surface area contributed by atoms with Crippen LogP contribution in [0.5, 0.6) is 0 Å². The molecule has 2 aliphatic heterocycles. The van der Waals surface area contributed by atoms with Crippen LogP contribution in [0.3, 0.4) is 0 Å². The summed E-state index contributed by atoms with van der Waals surface area (Å²) >= 11 is 0. The molecule has 0 spiro atoms. The number of nitrogens with one attached hydrogen (secondary N) is 1. The highest BCUT2D eigenvalue weighted by Gasteiger charge is 2.27. The van der Waals surface area contributed by atoms with Gasteiger partial charge in [-0.15, -0.1) is 0 Å². The molecule has 2 saturated heterocycles. The summed E-state index contributed by atoms with van der Waals surface area (Å²) in [5.41, 5.74) is 2.28. The summed E-state index contributed by atoms with van der Waals surface area (Å²) in [5.74, 6) is 0.165. The first-order chi connectivity index (χ1) is 12.3. The molecule has 4 nitrogen and oxygen atoms in total. The number of hydrogen-bond donors (Lipinski definition) is 1. The van der Waals surface area contributed by atoms with Gasteiger partial charge >= 0.3 is 0 Å². The van der Waals surface area contributed by atoms with Crippen molar-refractivity contribution < 1.29 is 4.79 Å². The van der Waals surface area contributed by atoms with E-state index in [1.807, 2.05) is 0 Å². The van der Waals surface area contributed by atoms with Crippen molar-refractivity contribution in [1.29, 1.82) is 0 Å². The lowest BCUT2D eigenvalue weighted by molar-refractivity contribution is -0.122. The molecule has 1 amide bonds. The maximum absolute atomic E-state index is 12.7. The summed E-state index contributed by atoms with van der Waals surface area (Å²) in [5, 5.41) is 3.13. The van der Waals surface area contributed by atoms with Gasteiger partial charge in [0.1, 0.15) is 0 Å². The molecule has 2 fully saturated rings. The van der Waals surface area contributed by atoms with Crippen molar-refractivity contribution in [2.24, 2.45) is 0 Å². The molecule has 0 aromatic heterocycles. The lowest BCUT2D eigenvalue weighted by Gasteiger charge is -2.34. The van der Waals surface area contributed by atoms with Crippen LogP contribution in [-0.2, 0) is 11.2 Å². The van der Waals surface area contributed by atoms with Crippen LogP contribution in [0.15, 0.2) is 24.3 Å². The molecule has 1 N–H and O–H groups in total. The van der Waals surface area contributed by atoms with Gasteiger partial charge in [0.25, 0.3) is 0 Å². The quantitative estimate of drug-likeness (QED) is 0.823. The van der Waals surface area contributed by atoms with Crippen molar-refractivity contribution in [3.63, 3.8) is 0 Å². The van der Waals surface area contributed by atoms with Crippen LogP contribution >= 0.6 is 0 Å². The Morgan fingerprint density at radius 1 is 1.04 bits per heavy atom. The van der Waals surface area contributed by atoms with Crippen molar-refractivity contribution >= 4 is 11.6 Å². The van der Waals surface area contributed by atoms with Crippen molar-refractivity contribution in [1.82, 2.24) is 9.80 Å². The van der Waals surface area contributed by atoms with Crippen molar-refractivity contribution in [2.45, 2.75) is 57.9 Å². The van der Waals surface area contributed by atoms with E-state index < -0.39 is 0 Å². The first-order valence-electron chi connectivity index (χ1n) is 10.1. The number of benzene rings is 1. The molecule has 1 aromatic rings. The van der Waals surface area contributed by atoms with E-state index in [0.717, 1.165) is 51.0 Å². The fraction of sp³-hybridized carbons (Fsp3) is 0.667. The highest BCUT2D eigenvalue weighted by molar-refractivity contribution is 5.94. The summed E-state index contributed by atoms with van der Waals surface area (Å²) in [7, 11) is 0. The Morgan fingerprint density at radius 3 is 2.48 bits per heavy atom. The molecular weight excluding hydrogens is 310 g/mol. The predicted molar refractivity (Wildman–Crippen MR) is 104 cm³/mol. The van der Waals surface area contributed by atoms with Gasteiger partial charge in [-0.2, -0.15) is 0 Å². The lowest BCUT2D eigenvalue weighted by Crippen LogP contribution is -2.47. The summed E-state index contributed by atoms with van der Waals surface area (Å²) in [6.45, 7) is 7.92. The van der Waals surface area contributed by atoms with Gasteiger partial charge in [0, 0.05) is 12.2 Å². The van der Waals surface area contributed by atoms with E-state index in [4.69, 9.17) is 0 Å². The second-order valence-corrected chi connectivity index (χ2v) is 7.53. The Kier molecular flexibility index (Phi) is 6.88. The fourth-order valence-electron chi connectivity index (χ4n) is 4.12. The van der Waals surface area contributed by atoms with Crippen LogP contribution in [0.25, 0.3) is 0 Å². The molecule has 3 rings (SSSR count). The van der Waals surface area contributed by atoms with Crippen molar-refractivity contribution in [3.05, 3.63) is 29.8 Å². The number of likely N-dealkylation sites (tertiary alicyclic amines) is 2. The van der Waals surface area contributed by atoms with Gasteiger partial charge in [-0.3, -0.25) is 9.69 Å². The number of piperidine rings is 1. The summed E-state index contributed by atoms with van der Waals surface area (Å²) in [4.78, 5) is 17.6. The molecule has 0 radical (unpaired) electrons. The molecule has 138 valence electrons. The minimum absolute atomic E-state index is 0.0449. The third-order valence-electron chi connectivity index (χ3n) is 5.56. The second-order valence-electron chi connectivity index (χ2n) is 7.53. The zero-order chi connectivity index (χ0) is 17.5. The van der Waals surface area contributed by atoms with E-state index in [1.165, 1.54) is 37.9 Å². The molecule has 1 atom stereocenters. The van der Waals surface area contributed by atoms with Crippen LogP contribution in [0.2, 0.25) is 0 Å².